The van der Waals surface area contributed by atoms with Crippen molar-refractivity contribution in [2.24, 2.45) is 0 Å². The highest BCUT2D eigenvalue weighted by Crippen LogP contribution is 2.38. The molecule has 0 rings (SSSR count). The fourth-order valence-electron chi connectivity index (χ4n) is 8.94. The number of phosphoric acid groups is 1. The molecule has 0 aromatic carbocycles. The average Bonchev–Trinajstić information content (AvgIpc) is 3.52. The first-order chi connectivity index (χ1) is 40.4. The summed E-state index contributed by atoms with van der Waals surface area (Å²) in [5.41, 5.74) is 0. The van der Waals surface area contributed by atoms with Crippen molar-refractivity contribution in [2.75, 3.05) is 40.9 Å². The summed E-state index contributed by atoms with van der Waals surface area (Å²) in [5.74, 6) is -0.649. The number of hydrogen-bond donors (Lipinski definition) is 1. The van der Waals surface area contributed by atoms with Crippen LogP contribution in [-0.4, -0.2) is 69.4 Å². The molecular formula is C73H125N2O7P. The summed E-state index contributed by atoms with van der Waals surface area (Å²) in [6.45, 7) is 6.63. The summed E-state index contributed by atoms with van der Waals surface area (Å²) < 4.78 is 30.3. The minimum Gasteiger partial charge on any atom is -0.756 e. The van der Waals surface area contributed by atoms with E-state index in [1.165, 1.54) is 116 Å². The first kappa shape index (κ1) is 79.2. The van der Waals surface area contributed by atoms with Crippen LogP contribution in [0.1, 0.15) is 265 Å². The molecule has 0 aliphatic carbocycles. The lowest BCUT2D eigenvalue weighted by molar-refractivity contribution is -0.870. The van der Waals surface area contributed by atoms with Crippen molar-refractivity contribution in [3.63, 3.8) is 0 Å². The smallest absolute Gasteiger partial charge is 0.306 e. The largest absolute Gasteiger partial charge is 0.756 e. The number of hydrogen-bond acceptors (Lipinski definition) is 7. The first-order valence-corrected chi connectivity index (χ1v) is 35.0. The maximum Gasteiger partial charge on any atom is 0.306 e. The number of carbonyl (C=O) groups excluding carboxylic acids is 2. The number of amides is 1. The van der Waals surface area contributed by atoms with Crippen LogP contribution in [0, 0.1) is 0 Å². The van der Waals surface area contributed by atoms with Crippen molar-refractivity contribution >= 4 is 19.7 Å². The molecule has 9 nitrogen and oxygen atoms in total. The van der Waals surface area contributed by atoms with Gasteiger partial charge in [-0.1, -0.05) is 270 Å². The summed E-state index contributed by atoms with van der Waals surface area (Å²) in [6, 6.07) is -0.939. The molecule has 0 saturated heterocycles. The molecule has 0 aromatic heterocycles. The standard InChI is InChI=1S/C73H125N2O7P/c1-7-10-13-16-19-22-25-27-29-31-33-34-35-36-37-38-39-40-42-44-46-48-51-54-57-60-63-66-73(77)82-71(64-61-58-55-52-49-24-21-18-15-12-9-3)70(69-81-83(78,79)80-68-67-75(4,5)6)74-72(76)65-62-59-56-53-50-47-45-43-41-32-30-28-26-23-20-17-14-11-8-2/h11,14,19-20,22-23,27-30,33-34,36-37,41,43,47,50,56,59,61,64,70-71H,7-10,12-13,15-18,21,24-26,31-32,35,38-40,42,44-46,48-49,51-55,57-58,60,62-63,65-69H2,1-6H3,(H-,74,76,78,79)/b14-11-,22-19-,23-20-,29-27-,30-28-,34-33-,37-36-,43-41-,50-47-,59-56-,64-61-. The molecule has 0 radical (unpaired) electrons. The maximum absolute atomic E-state index is 13.5. The molecule has 10 heteroatoms. The zero-order chi connectivity index (χ0) is 60.7. The van der Waals surface area contributed by atoms with Crippen LogP contribution in [0.15, 0.2) is 134 Å². The van der Waals surface area contributed by atoms with Gasteiger partial charge in [-0.05, 0) is 115 Å². The normalized spacial score (nSPS) is 14.4. The van der Waals surface area contributed by atoms with E-state index in [9.17, 15) is 19.0 Å². The van der Waals surface area contributed by atoms with Crippen molar-refractivity contribution in [1.82, 2.24) is 5.32 Å². The summed E-state index contributed by atoms with van der Waals surface area (Å²) in [4.78, 5) is 40.0. The van der Waals surface area contributed by atoms with Gasteiger partial charge in [0, 0.05) is 12.8 Å². The highest BCUT2D eigenvalue weighted by atomic mass is 31.2. The highest BCUT2D eigenvalue weighted by Gasteiger charge is 2.27. The predicted octanol–water partition coefficient (Wildman–Crippen LogP) is 20.6. The summed E-state index contributed by atoms with van der Waals surface area (Å²) >= 11 is 0. The molecule has 0 fully saturated rings. The number of nitrogens with zero attached hydrogens (tertiary/aromatic N) is 1. The van der Waals surface area contributed by atoms with Gasteiger partial charge in [-0.3, -0.25) is 14.2 Å². The number of carbonyl (C=O) groups is 2. The maximum atomic E-state index is 13.5. The zero-order valence-corrected chi connectivity index (χ0v) is 55.0. The number of quaternary nitrogens is 1. The number of unbranched alkanes of at least 4 members (excludes halogenated alkanes) is 23. The molecule has 0 aromatic rings. The average molecular weight is 1170 g/mol. The number of ether oxygens (including phenoxy) is 1. The number of nitrogens with one attached hydrogen (secondary N) is 1. The minimum atomic E-state index is -4.73. The number of rotatable bonds is 59. The molecule has 1 N–H and O–H groups in total. The van der Waals surface area contributed by atoms with Crippen molar-refractivity contribution in [3.05, 3.63) is 134 Å². The minimum absolute atomic E-state index is 0.0431. The van der Waals surface area contributed by atoms with Crippen LogP contribution in [0.25, 0.3) is 0 Å². The molecule has 0 saturated carbocycles. The van der Waals surface area contributed by atoms with Gasteiger partial charge in [0.05, 0.1) is 33.8 Å². The molecule has 474 valence electrons. The van der Waals surface area contributed by atoms with E-state index in [0.717, 1.165) is 103 Å². The van der Waals surface area contributed by atoms with Crippen molar-refractivity contribution < 1.29 is 37.3 Å². The SMILES string of the molecule is CC/C=C\C/C=C\C/C=C\C/C=C\C/C=C\C/C=C\CCC(=O)NC(COP(=O)([O-])OCC[N+](C)(C)C)C(/C=C\CCCCCCCCCCC)OC(=O)CCCCCCCCCCCCC/C=C\C/C=C\C/C=C\C/C=C\CCCCC. The fraction of sp³-hybridized carbons (Fsp3) is 0.671. The molecule has 3 unspecified atom stereocenters. The van der Waals surface area contributed by atoms with Gasteiger partial charge in [0.15, 0.2) is 0 Å². The second kappa shape index (κ2) is 61.2. The Labute approximate surface area is 511 Å². The van der Waals surface area contributed by atoms with E-state index in [4.69, 9.17) is 13.8 Å². The van der Waals surface area contributed by atoms with Crippen molar-refractivity contribution in [3.8, 4) is 0 Å². The van der Waals surface area contributed by atoms with E-state index < -0.39 is 26.6 Å². The second-order valence-electron chi connectivity index (χ2n) is 23.2. The number of esters is 1. The number of likely N-dealkylation sites (N-methyl/N-ethyl adjacent to an activating group) is 1. The lowest BCUT2D eigenvalue weighted by Gasteiger charge is -2.30. The van der Waals surface area contributed by atoms with E-state index >= 15 is 0 Å². The van der Waals surface area contributed by atoms with Gasteiger partial charge in [0.1, 0.15) is 19.3 Å². The van der Waals surface area contributed by atoms with Crippen LogP contribution in [-0.2, 0) is 27.9 Å². The molecule has 1 amide bonds. The van der Waals surface area contributed by atoms with Gasteiger partial charge in [-0.15, -0.1) is 0 Å². The Bertz CT molecular complexity index is 1880. The zero-order valence-electron chi connectivity index (χ0n) is 54.1. The Balaban J connectivity index is 5.17. The van der Waals surface area contributed by atoms with Crippen LogP contribution < -0.4 is 10.2 Å². The summed E-state index contributed by atoms with van der Waals surface area (Å²) in [5, 5.41) is 2.98. The van der Waals surface area contributed by atoms with Crippen LogP contribution >= 0.6 is 7.82 Å². The molecule has 0 aliphatic heterocycles. The monoisotopic (exact) mass is 1170 g/mol. The van der Waals surface area contributed by atoms with E-state index in [2.05, 4.69) is 135 Å². The van der Waals surface area contributed by atoms with Crippen molar-refractivity contribution in [2.45, 2.75) is 277 Å². The van der Waals surface area contributed by atoms with Crippen LogP contribution in [0.4, 0.5) is 0 Å². The Morgan fingerprint density at radius 2 is 0.783 bits per heavy atom. The lowest BCUT2D eigenvalue weighted by Crippen LogP contribution is -2.47. The first-order valence-electron chi connectivity index (χ1n) is 33.5. The van der Waals surface area contributed by atoms with Gasteiger partial charge < -0.3 is 28.5 Å². The lowest BCUT2D eigenvalue weighted by atomic mass is 10.0. The van der Waals surface area contributed by atoms with E-state index in [1.807, 2.05) is 45.4 Å². The van der Waals surface area contributed by atoms with E-state index in [0.29, 0.717) is 23.9 Å². The van der Waals surface area contributed by atoms with Crippen LogP contribution in [0.5, 0.6) is 0 Å². The van der Waals surface area contributed by atoms with E-state index in [-0.39, 0.29) is 31.3 Å². The third-order valence-electron chi connectivity index (χ3n) is 14.1. The summed E-state index contributed by atoms with van der Waals surface area (Å²) in [6.07, 6.45) is 87.4. The second-order valence-corrected chi connectivity index (χ2v) is 24.6. The Morgan fingerprint density at radius 1 is 0.434 bits per heavy atom. The molecule has 83 heavy (non-hydrogen) atoms. The fourth-order valence-corrected chi connectivity index (χ4v) is 9.66. The number of phosphoric ester groups is 1. The van der Waals surface area contributed by atoms with Crippen LogP contribution in [0.3, 0.4) is 0 Å². The van der Waals surface area contributed by atoms with E-state index in [1.54, 1.807) is 0 Å². The van der Waals surface area contributed by atoms with Gasteiger partial charge >= 0.3 is 5.97 Å². The molecule has 0 heterocycles. The van der Waals surface area contributed by atoms with Gasteiger partial charge in [-0.25, -0.2) is 0 Å². The third kappa shape index (κ3) is 62.5. The molecule has 3 atom stereocenters. The Hall–Kier alpha value is -3.85. The molecule has 0 spiro atoms. The van der Waals surface area contributed by atoms with Gasteiger partial charge in [0.25, 0.3) is 7.82 Å². The highest BCUT2D eigenvalue weighted by molar-refractivity contribution is 7.45. The predicted molar refractivity (Wildman–Crippen MR) is 357 cm³/mol. The van der Waals surface area contributed by atoms with Crippen LogP contribution in [0.2, 0.25) is 0 Å². The third-order valence-corrected chi connectivity index (χ3v) is 15.0. The van der Waals surface area contributed by atoms with Crippen molar-refractivity contribution in [1.29, 1.82) is 0 Å². The quantitative estimate of drug-likeness (QED) is 0.0212. The Kier molecular flexibility index (Phi) is 58.4. The van der Waals surface area contributed by atoms with Gasteiger partial charge in [-0.2, -0.15) is 0 Å². The number of allylic oxidation sites excluding steroid dienone is 21. The molecule has 0 bridgehead atoms. The topological polar surface area (TPSA) is 114 Å². The molecular weight excluding hydrogens is 1050 g/mol. The van der Waals surface area contributed by atoms with Gasteiger partial charge in [0.2, 0.25) is 5.91 Å². The summed E-state index contributed by atoms with van der Waals surface area (Å²) in [7, 11) is 1.12. The molecule has 0 aliphatic rings. The Morgan fingerprint density at radius 3 is 1.20 bits per heavy atom.